The van der Waals surface area contributed by atoms with Gasteiger partial charge in [-0.05, 0) is 42.5 Å². The van der Waals surface area contributed by atoms with Crippen LogP contribution in [0.5, 0.6) is 0 Å². The first-order chi connectivity index (χ1) is 13.3. The zero-order chi connectivity index (χ0) is 20.3. The molecular formula is C19H29N5O3S. The Bertz CT molecular complexity index is 838. The van der Waals surface area contributed by atoms with E-state index in [1.165, 1.54) is 31.9 Å². The van der Waals surface area contributed by atoms with Crippen molar-refractivity contribution in [2.45, 2.75) is 51.0 Å². The lowest BCUT2D eigenvalue weighted by atomic mass is 9.77. The summed E-state index contributed by atoms with van der Waals surface area (Å²) in [7, 11) is -3.74. The molecule has 9 heteroatoms. The molecule has 1 aliphatic carbocycles. The highest BCUT2D eigenvalue weighted by Gasteiger charge is 2.32. The van der Waals surface area contributed by atoms with Gasteiger partial charge in [-0.2, -0.15) is 0 Å². The third-order valence-corrected chi connectivity index (χ3v) is 7.06. The molecule has 154 valence electrons. The smallest absolute Gasteiger partial charge is 0.264 e. The number of anilines is 1. The van der Waals surface area contributed by atoms with Gasteiger partial charge in [0.1, 0.15) is 0 Å². The summed E-state index contributed by atoms with van der Waals surface area (Å²) in [4.78, 5) is 17.9. The zero-order valence-electron chi connectivity index (χ0n) is 16.6. The van der Waals surface area contributed by atoms with Gasteiger partial charge in [0.15, 0.2) is 0 Å². The summed E-state index contributed by atoms with van der Waals surface area (Å²) in [6, 6.07) is 6.49. The van der Waals surface area contributed by atoms with E-state index in [0.29, 0.717) is 36.9 Å². The maximum absolute atomic E-state index is 12.6. The molecule has 8 nitrogen and oxygen atoms in total. The van der Waals surface area contributed by atoms with Crippen LogP contribution in [0.25, 0.3) is 0 Å². The number of carbonyl (C=O) groups excluding carboxylic acids is 1. The van der Waals surface area contributed by atoms with E-state index in [-0.39, 0.29) is 16.8 Å². The van der Waals surface area contributed by atoms with Crippen molar-refractivity contribution < 1.29 is 13.2 Å². The van der Waals surface area contributed by atoms with Crippen LogP contribution < -0.4 is 15.4 Å². The number of aliphatic imine (C=N–C) groups is 1. The average molecular weight is 408 g/mol. The normalized spacial score (nSPS) is 26.1. The highest BCUT2D eigenvalue weighted by atomic mass is 32.2. The fraction of sp³-hybridized carbons (Fsp3) is 0.579. The van der Waals surface area contributed by atoms with Crippen LogP contribution in [0.3, 0.4) is 0 Å². The monoisotopic (exact) mass is 407 g/mol. The molecule has 0 aromatic heterocycles. The molecule has 1 aromatic carbocycles. The van der Waals surface area contributed by atoms with Crippen molar-refractivity contribution in [3.05, 3.63) is 24.3 Å². The molecular weight excluding hydrogens is 378 g/mol. The molecule has 3 unspecified atom stereocenters. The number of benzene rings is 1. The summed E-state index contributed by atoms with van der Waals surface area (Å²) >= 11 is 0. The molecule has 3 rings (SSSR count). The van der Waals surface area contributed by atoms with Crippen LogP contribution in [0.1, 0.15) is 40.0 Å². The van der Waals surface area contributed by atoms with E-state index in [1.807, 2.05) is 0 Å². The molecule has 0 radical (unpaired) electrons. The largest absolute Gasteiger partial charge is 0.343 e. The van der Waals surface area contributed by atoms with Crippen LogP contribution >= 0.6 is 0 Å². The lowest BCUT2D eigenvalue weighted by Gasteiger charge is -2.42. The van der Waals surface area contributed by atoms with E-state index in [0.717, 1.165) is 6.42 Å². The van der Waals surface area contributed by atoms with Gasteiger partial charge in [0.25, 0.3) is 10.0 Å². The summed E-state index contributed by atoms with van der Waals surface area (Å²) in [5.74, 6) is 1.36. The number of hydrogen-bond acceptors (Lipinski definition) is 6. The Kier molecular flexibility index (Phi) is 6.24. The Balaban J connectivity index is 1.62. The second-order valence-electron chi connectivity index (χ2n) is 7.72. The first-order valence-electron chi connectivity index (χ1n) is 9.69. The van der Waals surface area contributed by atoms with Gasteiger partial charge in [-0.25, -0.2) is 18.1 Å². The van der Waals surface area contributed by atoms with Crippen LogP contribution in [0.4, 0.5) is 5.69 Å². The topological polar surface area (TPSA) is 103 Å². The fourth-order valence-electron chi connectivity index (χ4n) is 3.91. The molecule has 28 heavy (non-hydrogen) atoms. The van der Waals surface area contributed by atoms with Crippen molar-refractivity contribution in [3.63, 3.8) is 0 Å². The van der Waals surface area contributed by atoms with Gasteiger partial charge in [-0.15, -0.1) is 0 Å². The minimum absolute atomic E-state index is 0.114. The van der Waals surface area contributed by atoms with E-state index in [4.69, 9.17) is 0 Å². The highest BCUT2D eigenvalue weighted by molar-refractivity contribution is 7.90. The maximum atomic E-state index is 12.6. The third kappa shape index (κ3) is 4.82. The van der Waals surface area contributed by atoms with E-state index in [2.05, 4.69) is 39.1 Å². The fourth-order valence-corrected chi connectivity index (χ4v) is 4.91. The molecule has 1 aromatic rings. The standard InChI is InChI=1S/C19H29N5O3S/c1-13-5-4-6-18(14(13)2)24-11-20-19(21-12-24)23-28(26,27)17-9-7-16(8-10-17)22-15(3)25/h7-10,13-14,18H,4-6,11-12H2,1-3H3,(H,22,25)(H2,20,21,23). The van der Waals surface area contributed by atoms with Crippen LogP contribution in [0.15, 0.2) is 34.2 Å². The molecule has 0 saturated heterocycles. The summed E-state index contributed by atoms with van der Waals surface area (Å²) in [5, 5.41) is 5.71. The van der Waals surface area contributed by atoms with Gasteiger partial charge in [0.05, 0.1) is 18.2 Å². The minimum Gasteiger partial charge on any atom is -0.343 e. The zero-order valence-corrected chi connectivity index (χ0v) is 17.4. The summed E-state index contributed by atoms with van der Waals surface area (Å²) < 4.78 is 27.7. The molecule has 1 amide bonds. The van der Waals surface area contributed by atoms with Gasteiger partial charge in [-0.3, -0.25) is 9.69 Å². The summed E-state index contributed by atoms with van der Waals surface area (Å²) in [6.45, 7) is 7.05. The molecule has 1 heterocycles. The quantitative estimate of drug-likeness (QED) is 0.708. The second-order valence-corrected chi connectivity index (χ2v) is 9.40. The highest BCUT2D eigenvalue weighted by Crippen LogP contribution is 2.32. The van der Waals surface area contributed by atoms with Gasteiger partial charge in [0, 0.05) is 18.7 Å². The van der Waals surface area contributed by atoms with Crippen molar-refractivity contribution in [2.75, 3.05) is 18.7 Å². The molecule has 3 atom stereocenters. The predicted octanol–water partition coefficient (Wildman–Crippen LogP) is 1.92. The summed E-state index contributed by atoms with van der Waals surface area (Å²) in [6.07, 6.45) is 3.66. The van der Waals surface area contributed by atoms with Crippen molar-refractivity contribution in [3.8, 4) is 0 Å². The van der Waals surface area contributed by atoms with Gasteiger partial charge >= 0.3 is 0 Å². The Labute approximate surface area is 166 Å². The second kappa shape index (κ2) is 8.48. The first kappa shape index (κ1) is 20.6. The molecule has 0 bridgehead atoms. The van der Waals surface area contributed by atoms with Crippen molar-refractivity contribution in [2.24, 2.45) is 16.8 Å². The molecule has 1 aliphatic heterocycles. The maximum Gasteiger partial charge on any atom is 0.264 e. The van der Waals surface area contributed by atoms with E-state index >= 15 is 0 Å². The first-order valence-corrected chi connectivity index (χ1v) is 11.2. The Morgan fingerprint density at radius 2 is 1.93 bits per heavy atom. The number of guanidine groups is 1. The van der Waals surface area contributed by atoms with Crippen molar-refractivity contribution in [1.82, 2.24) is 14.9 Å². The van der Waals surface area contributed by atoms with Crippen LogP contribution in [0, 0.1) is 11.8 Å². The lowest BCUT2D eigenvalue weighted by Crippen LogP contribution is -2.55. The van der Waals surface area contributed by atoms with Gasteiger partial charge < -0.3 is 10.6 Å². The van der Waals surface area contributed by atoms with Crippen molar-refractivity contribution in [1.29, 1.82) is 0 Å². The molecule has 0 spiro atoms. The van der Waals surface area contributed by atoms with Gasteiger partial charge in [-0.1, -0.05) is 26.7 Å². The molecule has 1 fully saturated rings. The van der Waals surface area contributed by atoms with E-state index in [9.17, 15) is 13.2 Å². The molecule has 1 saturated carbocycles. The SMILES string of the molecule is CC(=O)Nc1ccc(S(=O)(=O)NC2=NCN(C3CCCC(C)C3C)CN2)cc1. The Morgan fingerprint density at radius 1 is 1.21 bits per heavy atom. The summed E-state index contributed by atoms with van der Waals surface area (Å²) in [5.41, 5.74) is 0.547. The van der Waals surface area contributed by atoms with Crippen LogP contribution in [-0.2, 0) is 14.8 Å². The van der Waals surface area contributed by atoms with Crippen molar-refractivity contribution >= 4 is 27.6 Å². The lowest BCUT2D eigenvalue weighted by molar-refractivity contribution is -0.114. The molecule has 3 N–H and O–H groups in total. The number of nitrogens with zero attached hydrogens (tertiary/aromatic N) is 2. The number of hydrogen-bond donors (Lipinski definition) is 3. The third-order valence-electron chi connectivity index (χ3n) is 5.71. The number of rotatable bonds is 4. The number of sulfonamides is 1. The average Bonchev–Trinajstić information content (AvgIpc) is 2.64. The number of nitrogens with one attached hydrogen (secondary N) is 3. The number of carbonyl (C=O) groups is 1. The van der Waals surface area contributed by atoms with Gasteiger partial charge in [0.2, 0.25) is 11.9 Å². The molecule has 2 aliphatic rings. The minimum atomic E-state index is -3.74. The van der Waals surface area contributed by atoms with Crippen LogP contribution in [-0.4, -0.2) is 44.6 Å². The predicted molar refractivity (Wildman–Crippen MR) is 109 cm³/mol. The van der Waals surface area contributed by atoms with E-state index in [1.54, 1.807) is 12.1 Å². The number of amides is 1. The Morgan fingerprint density at radius 3 is 2.54 bits per heavy atom. The van der Waals surface area contributed by atoms with E-state index < -0.39 is 10.0 Å². The Hall–Kier alpha value is -2.13. The van der Waals surface area contributed by atoms with Crippen LogP contribution in [0.2, 0.25) is 0 Å².